The molecule has 98 valence electrons. The van der Waals surface area contributed by atoms with Crippen LogP contribution in [0.15, 0.2) is 22.7 Å². The Hall–Kier alpha value is -1.14. The Morgan fingerprint density at radius 2 is 2.28 bits per heavy atom. The summed E-state index contributed by atoms with van der Waals surface area (Å²) in [6.07, 6.45) is 0.963. The first-order valence-corrected chi connectivity index (χ1v) is 6.73. The molecule has 1 fully saturated rings. The van der Waals surface area contributed by atoms with Crippen molar-refractivity contribution in [2.24, 2.45) is 11.7 Å². The molecule has 6 heteroatoms. The van der Waals surface area contributed by atoms with Gasteiger partial charge in [0, 0.05) is 29.7 Å². The van der Waals surface area contributed by atoms with Crippen molar-refractivity contribution in [3.63, 3.8) is 0 Å². The monoisotopic (exact) mass is 313 g/mol. The predicted octanol–water partition coefficient (Wildman–Crippen LogP) is 2.53. The van der Waals surface area contributed by atoms with Crippen LogP contribution in [0.5, 0.6) is 0 Å². The van der Waals surface area contributed by atoms with E-state index < -0.39 is 0 Å². The molecule has 0 bridgehead atoms. The molecule has 0 saturated carbocycles. The van der Waals surface area contributed by atoms with Crippen LogP contribution in [0.4, 0.5) is 11.4 Å². The summed E-state index contributed by atoms with van der Waals surface area (Å²) in [5, 5.41) is 11.1. The topological polar surface area (TPSA) is 72.4 Å². The van der Waals surface area contributed by atoms with Gasteiger partial charge in [-0.1, -0.05) is 22.9 Å². The number of nitro groups is 1. The normalized spacial score (nSPS) is 24.1. The maximum Gasteiger partial charge on any atom is 0.292 e. The quantitative estimate of drug-likeness (QED) is 0.672. The highest BCUT2D eigenvalue weighted by molar-refractivity contribution is 9.10. The van der Waals surface area contributed by atoms with E-state index >= 15 is 0 Å². The van der Waals surface area contributed by atoms with Crippen LogP contribution in [0.2, 0.25) is 0 Å². The molecule has 0 spiro atoms. The van der Waals surface area contributed by atoms with E-state index in [0.717, 1.165) is 17.4 Å². The van der Waals surface area contributed by atoms with Crippen LogP contribution >= 0.6 is 15.9 Å². The van der Waals surface area contributed by atoms with E-state index in [0.29, 0.717) is 18.2 Å². The average Bonchev–Trinajstić information content (AvgIpc) is 2.32. The predicted molar refractivity (Wildman–Crippen MR) is 74.8 cm³/mol. The van der Waals surface area contributed by atoms with Crippen molar-refractivity contribution in [2.45, 2.75) is 19.4 Å². The Labute approximate surface area is 114 Å². The fraction of sp³-hybridized carbons (Fsp3) is 0.500. The Kier molecular flexibility index (Phi) is 3.87. The first-order valence-electron chi connectivity index (χ1n) is 5.93. The van der Waals surface area contributed by atoms with Crippen LogP contribution in [0, 0.1) is 16.0 Å². The number of hydrogen-bond acceptors (Lipinski definition) is 4. The van der Waals surface area contributed by atoms with E-state index in [-0.39, 0.29) is 16.7 Å². The van der Waals surface area contributed by atoms with Crippen LogP contribution in [-0.2, 0) is 0 Å². The summed E-state index contributed by atoms with van der Waals surface area (Å²) < 4.78 is 0.843. The summed E-state index contributed by atoms with van der Waals surface area (Å²) in [5.74, 6) is 0.465. The van der Waals surface area contributed by atoms with E-state index in [4.69, 9.17) is 5.73 Å². The van der Waals surface area contributed by atoms with Crippen LogP contribution < -0.4 is 10.6 Å². The third kappa shape index (κ3) is 2.64. The van der Waals surface area contributed by atoms with Gasteiger partial charge >= 0.3 is 0 Å². The molecule has 1 aliphatic rings. The summed E-state index contributed by atoms with van der Waals surface area (Å²) in [5.41, 5.74) is 6.84. The summed E-state index contributed by atoms with van der Waals surface area (Å²) in [7, 11) is 0. The number of piperidine rings is 1. The molecule has 18 heavy (non-hydrogen) atoms. The van der Waals surface area contributed by atoms with E-state index in [9.17, 15) is 10.1 Å². The van der Waals surface area contributed by atoms with Crippen molar-refractivity contribution in [3.05, 3.63) is 32.8 Å². The summed E-state index contributed by atoms with van der Waals surface area (Å²) in [6.45, 7) is 3.60. The molecular formula is C12H16BrN3O2. The molecule has 0 aliphatic carbocycles. The standard InChI is InChI=1S/C12H16BrN3O2/c1-8-4-5-15(7-10(8)14)12-6-9(13)2-3-11(12)16(17)18/h2-3,6,8,10H,4-5,7,14H2,1H3. The lowest BCUT2D eigenvalue weighted by Gasteiger charge is -2.36. The Balaban J connectivity index is 2.32. The Bertz CT molecular complexity index is 467. The minimum atomic E-state index is -0.342. The zero-order chi connectivity index (χ0) is 13.3. The molecule has 1 aromatic rings. The van der Waals surface area contributed by atoms with Gasteiger partial charge in [0.05, 0.1) is 4.92 Å². The molecular weight excluding hydrogens is 298 g/mol. The molecule has 2 rings (SSSR count). The number of nitrogens with zero attached hydrogens (tertiary/aromatic N) is 2. The molecule has 1 saturated heterocycles. The molecule has 2 unspecified atom stereocenters. The first kappa shape index (κ1) is 13.3. The summed E-state index contributed by atoms with van der Waals surface area (Å²) >= 11 is 3.36. The SMILES string of the molecule is CC1CCN(c2cc(Br)ccc2[N+](=O)[O-])CC1N. The number of halogens is 1. The lowest BCUT2D eigenvalue weighted by molar-refractivity contribution is -0.384. The smallest absolute Gasteiger partial charge is 0.292 e. The number of hydrogen-bond donors (Lipinski definition) is 1. The van der Waals surface area contributed by atoms with Gasteiger partial charge in [-0.25, -0.2) is 0 Å². The highest BCUT2D eigenvalue weighted by Crippen LogP contribution is 2.33. The zero-order valence-electron chi connectivity index (χ0n) is 10.2. The van der Waals surface area contributed by atoms with E-state index in [1.54, 1.807) is 12.1 Å². The summed E-state index contributed by atoms with van der Waals surface area (Å²) in [4.78, 5) is 12.7. The van der Waals surface area contributed by atoms with Crippen molar-refractivity contribution >= 4 is 27.3 Å². The number of nitro benzene ring substituents is 1. The molecule has 2 N–H and O–H groups in total. The maximum atomic E-state index is 11.1. The summed E-state index contributed by atoms with van der Waals surface area (Å²) in [6, 6.07) is 5.08. The zero-order valence-corrected chi connectivity index (χ0v) is 11.8. The molecule has 2 atom stereocenters. The number of anilines is 1. The molecule has 1 aliphatic heterocycles. The van der Waals surface area contributed by atoms with Crippen LogP contribution in [-0.4, -0.2) is 24.1 Å². The van der Waals surface area contributed by atoms with Crippen molar-refractivity contribution in [2.75, 3.05) is 18.0 Å². The molecule has 1 aromatic carbocycles. The van der Waals surface area contributed by atoms with Crippen molar-refractivity contribution in [1.29, 1.82) is 0 Å². The van der Waals surface area contributed by atoms with E-state index in [2.05, 4.69) is 22.9 Å². The number of nitrogens with two attached hydrogens (primary N) is 1. The average molecular weight is 314 g/mol. The largest absolute Gasteiger partial charge is 0.364 e. The van der Waals surface area contributed by atoms with Gasteiger partial charge in [-0.2, -0.15) is 0 Å². The van der Waals surface area contributed by atoms with Gasteiger partial charge in [0.1, 0.15) is 5.69 Å². The van der Waals surface area contributed by atoms with Gasteiger partial charge in [0.2, 0.25) is 0 Å². The van der Waals surface area contributed by atoms with Gasteiger partial charge in [-0.15, -0.1) is 0 Å². The Morgan fingerprint density at radius 1 is 1.56 bits per heavy atom. The van der Waals surface area contributed by atoms with E-state index in [1.165, 1.54) is 6.07 Å². The van der Waals surface area contributed by atoms with Crippen molar-refractivity contribution in [1.82, 2.24) is 0 Å². The lowest BCUT2D eigenvalue weighted by atomic mass is 9.94. The Morgan fingerprint density at radius 3 is 2.89 bits per heavy atom. The minimum Gasteiger partial charge on any atom is -0.364 e. The molecule has 1 heterocycles. The van der Waals surface area contributed by atoms with Crippen LogP contribution in [0.1, 0.15) is 13.3 Å². The second-order valence-corrected chi connectivity index (χ2v) is 5.68. The fourth-order valence-corrected chi connectivity index (χ4v) is 2.57. The van der Waals surface area contributed by atoms with Crippen LogP contribution in [0.25, 0.3) is 0 Å². The van der Waals surface area contributed by atoms with Gasteiger partial charge in [-0.05, 0) is 24.5 Å². The lowest BCUT2D eigenvalue weighted by Crippen LogP contribution is -2.47. The number of benzene rings is 1. The minimum absolute atomic E-state index is 0.0670. The molecule has 0 radical (unpaired) electrons. The maximum absolute atomic E-state index is 11.1. The van der Waals surface area contributed by atoms with Crippen molar-refractivity contribution < 1.29 is 4.92 Å². The van der Waals surface area contributed by atoms with Crippen molar-refractivity contribution in [3.8, 4) is 0 Å². The first-order chi connectivity index (χ1) is 8.49. The van der Waals surface area contributed by atoms with Gasteiger partial charge in [0.25, 0.3) is 5.69 Å². The molecule has 0 aromatic heterocycles. The highest BCUT2D eigenvalue weighted by atomic mass is 79.9. The van der Waals surface area contributed by atoms with Crippen LogP contribution in [0.3, 0.4) is 0 Å². The highest BCUT2D eigenvalue weighted by Gasteiger charge is 2.27. The van der Waals surface area contributed by atoms with Gasteiger partial charge in [0.15, 0.2) is 0 Å². The number of rotatable bonds is 2. The second-order valence-electron chi connectivity index (χ2n) is 4.77. The van der Waals surface area contributed by atoms with E-state index in [1.807, 2.05) is 4.90 Å². The second kappa shape index (κ2) is 5.24. The molecule has 5 nitrogen and oxygen atoms in total. The van der Waals surface area contributed by atoms with Gasteiger partial charge < -0.3 is 10.6 Å². The molecule has 0 amide bonds. The fourth-order valence-electron chi connectivity index (χ4n) is 2.22. The third-order valence-electron chi connectivity index (χ3n) is 3.49. The van der Waals surface area contributed by atoms with Gasteiger partial charge in [-0.3, -0.25) is 10.1 Å². The third-order valence-corrected chi connectivity index (χ3v) is 3.98.